The van der Waals surface area contributed by atoms with Crippen LogP contribution < -0.4 is 11.2 Å². The first-order valence-electron chi connectivity index (χ1n) is 6.81. The van der Waals surface area contributed by atoms with Gasteiger partial charge >= 0.3 is 18.2 Å². The molecule has 0 heterocycles. The number of carboxylic acid groups (broad SMARTS) is 1. The highest BCUT2D eigenvalue weighted by atomic mass is 19.4. The fourth-order valence-corrected chi connectivity index (χ4v) is 2.01. The summed E-state index contributed by atoms with van der Waals surface area (Å²) in [5, 5.41) is 12.6. The largest absolute Gasteiger partial charge is 0.478 e. The third kappa shape index (κ3) is 4.80. The van der Waals surface area contributed by atoms with E-state index in [2.05, 4.69) is 5.10 Å². The van der Waals surface area contributed by atoms with Gasteiger partial charge in [0, 0.05) is 0 Å². The molecule has 25 heavy (non-hydrogen) atoms. The normalized spacial score (nSPS) is 11.5. The number of hydrazone groups is 1. The lowest BCUT2D eigenvalue weighted by Gasteiger charge is -2.11. The van der Waals surface area contributed by atoms with Crippen LogP contribution in [-0.2, 0) is 6.18 Å². The van der Waals surface area contributed by atoms with Crippen molar-refractivity contribution in [2.75, 3.05) is 0 Å². The summed E-state index contributed by atoms with van der Waals surface area (Å²) in [6, 6.07) is 7.89. The Morgan fingerprint density at radius 2 is 1.72 bits per heavy atom. The molecule has 2 rings (SSSR count). The molecule has 9 heteroatoms. The number of carbonyl (C=O) groups excluding carboxylic acids is 1. The standard InChI is InChI=1S/C16H12F3N3O3/c17-16(18,19)13-6-11(5-12(7-13)14(23)24)10-3-1-9(2-4-10)8-21-22-15(20)25/h1-8H,(H,23,24)(H3,20,22,25). The quantitative estimate of drug-likeness (QED) is 0.582. The highest BCUT2D eigenvalue weighted by molar-refractivity contribution is 5.90. The van der Waals surface area contributed by atoms with Gasteiger partial charge in [0.25, 0.3) is 0 Å². The highest BCUT2D eigenvalue weighted by Gasteiger charge is 2.31. The van der Waals surface area contributed by atoms with Crippen LogP contribution in [0.2, 0.25) is 0 Å². The molecular formula is C16H12F3N3O3. The van der Waals surface area contributed by atoms with Gasteiger partial charge in [-0.05, 0) is 34.9 Å². The Balaban J connectivity index is 2.37. The molecule has 2 aromatic carbocycles. The Hall–Kier alpha value is -3.36. The van der Waals surface area contributed by atoms with Gasteiger partial charge in [0.2, 0.25) is 0 Å². The predicted octanol–water partition coefficient (Wildman–Crippen LogP) is 3.07. The molecule has 0 aromatic heterocycles. The van der Waals surface area contributed by atoms with Crippen molar-refractivity contribution < 1.29 is 27.9 Å². The summed E-state index contributed by atoms with van der Waals surface area (Å²) in [5.74, 6) is -1.45. The summed E-state index contributed by atoms with van der Waals surface area (Å²) in [6.45, 7) is 0. The number of rotatable bonds is 4. The lowest BCUT2D eigenvalue weighted by molar-refractivity contribution is -0.137. The van der Waals surface area contributed by atoms with Gasteiger partial charge in [-0.2, -0.15) is 18.3 Å². The van der Waals surface area contributed by atoms with Crippen LogP contribution in [0.25, 0.3) is 11.1 Å². The van der Waals surface area contributed by atoms with Crippen LogP contribution in [0.1, 0.15) is 21.5 Å². The Labute approximate surface area is 139 Å². The van der Waals surface area contributed by atoms with Crippen LogP contribution >= 0.6 is 0 Å². The number of carbonyl (C=O) groups is 2. The summed E-state index contributed by atoms with van der Waals surface area (Å²) in [6.07, 6.45) is -3.36. The van der Waals surface area contributed by atoms with Crippen molar-refractivity contribution in [3.8, 4) is 11.1 Å². The first kappa shape index (κ1) is 18.0. The lowest BCUT2D eigenvalue weighted by atomic mass is 9.98. The molecule has 0 saturated heterocycles. The van der Waals surface area contributed by atoms with Gasteiger partial charge in [0.1, 0.15) is 0 Å². The van der Waals surface area contributed by atoms with Gasteiger partial charge < -0.3 is 10.8 Å². The number of halogens is 3. The Kier molecular flexibility index (Phi) is 5.06. The smallest absolute Gasteiger partial charge is 0.416 e. The van der Waals surface area contributed by atoms with E-state index in [0.29, 0.717) is 17.2 Å². The van der Waals surface area contributed by atoms with E-state index >= 15 is 0 Å². The summed E-state index contributed by atoms with van der Waals surface area (Å²) in [4.78, 5) is 21.5. The second kappa shape index (κ2) is 7.04. The number of nitrogens with zero attached hydrogens (tertiary/aromatic N) is 1. The number of urea groups is 1. The van der Waals surface area contributed by atoms with Crippen LogP contribution in [0.15, 0.2) is 47.6 Å². The maximum Gasteiger partial charge on any atom is 0.416 e. The van der Waals surface area contributed by atoms with Gasteiger partial charge in [-0.15, -0.1) is 0 Å². The molecule has 2 amide bonds. The zero-order valence-electron chi connectivity index (χ0n) is 12.5. The van der Waals surface area contributed by atoms with E-state index in [1.807, 2.05) is 5.43 Å². The molecule has 0 saturated carbocycles. The Morgan fingerprint density at radius 1 is 1.08 bits per heavy atom. The van der Waals surface area contributed by atoms with Crippen LogP contribution in [0.3, 0.4) is 0 Å². The number of aromatic carboxylic acids is 1. The number of primary amides is 1. The molecular weight excluding hydrogens is 339 g/mol. The molecule has 0 atom stereocenters. The third-order valence-electron chi connectivity index (χ3n) is 3.14. The number of nitrogens with one attached hydrogen (secondary N) is 1. The van der Waals surface area contributed by atoms with Crippen LogP contribution in [0, 0.1) is 0 Å². The molecule has 0 radical (unpaired) electrons. The minimum Gasteiger partial charge on any atom is -0.478 e. The highest BCUT2D eigenvalue weighted by Crippen LogP contribution is 2.33. The molecule has 4 N–H and O–H groups in total. The summed E-state index contributed by atoms with van der Waals surface area (Å²) in [5.41, 5.74) is 6.41. The minimum absolute atomic E-state index is 0.117. The van der Waals surface area contributed by atoms with Crippen molar-refractivity contribution in [2.24, 2.45) is 10.8 Å². The monoisotopic (exact) mass is 351 g/mol. The third-order valence-corrected chi connectivity index (χ3v) is 3.14. The molecule has 0 aliphatic rings. The maximum atomic E-state index is 12.9. The Bertz CT molecular complexity index is 831. The predicted molar refractivity (Wildman–Crippen MR) is 84.2 cm³/mol. The van der Waals surface area contributed by atoms with Gasteiger partial charge in [-0.25, -0.2) is 15.0 Å². The summed E-state index contributed by atoms with van der Waals surface area (Å²) >= 11 is 0. The average Bonchev–Trinajstić information content (AvgIpc) is 2.54. The maximum absolute atomic E-state index is 12.9. The van der Waals surface area contributed by atoms with Crippen LogP contribution in [-0.4, -0.2) is 23.3 Å². The van der Waals surface area contributed by atoms with Crippen molar-refractivity contribution in [1.82, 2.24) is 5.43 Å². The fourth-order valence-electron chi connectivity index (χ4n) is 2.01. The molecule has 0 aliphatic carbocycles. The van der Waals surface area contributed by atoms with Crippen LogP contribution in [0.4, 0.5) is 18.0 Å². The second-order valence-corrected chi connectivity index (χ2v) is 4.96. The van der Waals surface area contributed by atoms with E-state index < -0.39 is 29.3 Å². The summed E-state index contributed by atoms with van der Waals surface area (Å²) < 4.78 is 38.8. The van der Waals surface area contributed by atoms with Gasteiger partial charge in [-0.3, -0.25) is 0 Å². The lowest BCUT2D eigenvalue weighted by Crippen LogP contribution is -2.24. The summed E-state index contributed by atoms with van der Waals surface area (Å²) in [7, 11) is 0. The number of carboxylic acids is 1. The first-order valence-corrected chi connectivity index (χ1v) is 6.81. The average molecular weight is 351 g/mol. The van der Waals surface area contributed by atoms with Gasteiger partial charge in [0.15, 0.2) is 0 Å². The number of nitrogens with two attached hydrogens (primary N) is 1. The number of alkyl halides is 3. The molecule has 0 fully saturated rings. The fraction of sp³-hybridized carbons (Fsp3) is 0.0625. The van der Waals surface area contributed by atoms with E-state index in [-0.39, 0.29) is 5.56 Å². The van der Waals surface area contributed by atoms with Crippen LogP contribution in [0.5, 0.6) is 0 Å². The van der Waals surface area contributed by atoms with E-state index in [1.54, 1.807) is 12.1 Å². The van der Waals surface area contributed by atoms with E-state index in [9.17, 15) is 22.8 Å². The number of hydrogen-bond acceptors (Lipinski definition) is 3. The first-order chi connectivity index (χ1) is 11.7. The molecule has 0 spiro atoms. The van der Waals surface area contributed by atoms with Gasteiger partial charge in [-0.1, -0.05) is 24.3 Å². The van der Waals surface area contributed by atoms with Crippen molar-refractivity contribution in [3.05, 3.63) is 59.2 Å². The zero-order valence-corrected chi connectivity index (χ0v) is 12.5. The topological polar surface area (TPSA) is 105 Å². The minimum atomic E-state index is -4.66. The number of hydrogen-bond donors (Lipinski definition) is 3. The molecule has 6 nitrogen and oxygen atoms in total. The molecule has 0 aliphatic heterocycles. The molecule has 0 unspecified atom stereocenters. The number of benzene rings is 2. The zero-order chi connectivity index (χ0) is 18.6. The molecule has 130 valence electrons. The SMILES string of the molecule is NC(=O)NN=Cc1ccc(-c2cc(C(=O)O)cc(C(F)(F)F)c2)cc1. The van der Waals surface area contributed by atoms with Gasteiger partial charge in [0.05, 0.1) is 17.3 Å². The van der Waals surface area contributed by atoms with Crippen molar-refractivity contribution in [3.63, 3.8) is 0 Å². The van der Waals surface area contributed by atoms with E-state index in [4.69, 9.17) is 10.8 Å². The van der Waals surface area contributed by atoms with Crippen molar-refractivity contribution >= 4 is 18.2 Å². The Morgan fingerprint density at radius 3 is 2.24 bits per heavy atom. The molecule has 0 bridgehead atoms. The van der Waals surface area contributed by atoms with Crippen molar-refractivity contribution in [2.45, 2.75) is 6.18 Å². The molecule has 2 aromatic rings. The second-order valence-electron chi connectivity index (χ2n) is 4.96. The van der Waals surface area contributed by atoms with Crippen molar-refractivity contribution in [1.29, 1.82) is 0 Å². The van der Waals surface area contributed by atoms with E-state index in [0.717, 1.165) is 12.1 Å². The number of amides is 2. The van der Waals surface area contributed by atoms with E-state index in [1.165, 1.54) is 18.3 Å².